The number of rotatable bonds is 5. The van der Waals surface area contributed by atoms with E-state index in [4.69, 9.17) is 4.74 Å². The van der Waals surface area contributed by atoms with Crippen molar-refractivity contribution in [3.05, 3.63) is 0 Å². The van der Waals surface area contributed by atoms with Crippen LogP contribution in [-0.2, 0) is 14.3 Å². The molecule has 0 aliphatic carbocycles. The SMILES string of the molecule is CCOC(=O)C(CC)(CC)C(=O)C(C)(C)C. The second-order valence-corrected chi connectivity index (χ2v) is 5.09. The van der Waals surface area contributed by atoms with Crippen LogP contribution in [0.4, 0.5) is 0 Å². The molecule has 0 aromatic rings. The lowest BCUT2D eigenvalue weighted by atomic mass is 9.69. The van der Waals surface area contributed by atoms with E-state index < -0.39 is 10.8 Å². The summed E-state index contributed by atoms with van der Waals surface area (Å²) in [6.07, 6.45) is 0.997. The topological polar surface area (TPSA) is 43.4 Å². The van der Waals surface area contributed by atoms with Gasteiger partial charge < -0.3 is 4.74 Å². The maximum atomic E-state index is 12.4. The van der Waals surface area contributed by atoms with Gasteiger partial charge >= 0.3 is 5.97 Å². The molecule has 0 aliphatic rings. The zero-order valence-electron chi connectivity index (χ0n) is 11.3. The Balaban J connectivity index is 5.26. The third kappa shape index (κ3) is 2.83. The van der Waals surface area contributed by atoms with Crippen molar-refractivity contribution in [2.45, 2.75) is 54.4 Å². The second-order valence-electron chi connectivity index (χ2n) is 5.09. The van der Waals surface area contributed by atoms with Gasteiger partial charge in [-0.1, -0.05) is 34.6 Å². The van der Waals surface area contributed by atoms with Gasteiger partial charge in [0.05, 0.1) is 6.61 Å². The highest BCUT2D eigenvalue weighted by atomic mass is 16.5. The normalized spacial score (nSPS) is 12.4. The summed E-state index contributed by atoms with van der Waals surface area (Å²) >= 11 is 0. The monoisotopic (exact) mass is 228 g/mol. The van der Waals surface area contributed by atoms with E-state index in [0.717, 1.165) is 0 Å². The highest BCUT2D eigenvalue weighted by molar-refractivity contribution is 6.06. The Morgan fingerprint density at radius 3 is 1.69 bits per heavy atom. The molecule has 0 N–H and O–H groups in total. The van der Waals surface area contributed by atoms with Crippen molar-refractivity contribution in [1.29, 1.82) is 0 Å². The fourth-order valence-corrected chi connectivity index (χ4v) is 1.94. The molecule has 0 aliphatic heterocycles. The van der Waals surface area contributed by atoms with Crippen LogP contribution in [0.5, 0.6) is 0 Å². The number of Topliss-reactive ketones (excluding diaryl/α,β-unsaturated/α-hetero) is 1. The Morgan fingerprint density at radius 2 is 1.44 bits per heavy atom. The fourth-order valence-electron chi connectivity index (χ4n) is 1.94. The maximum Gasteiger partial charge on any atom is 0.319 e. The molecule has 0 heterocycles. The molecule has 94 valence electrons. The molecule has 0 rings (SSSR count). The van der Waals surface area contributed by atoms with E-state index in [0.29, 0.717) is 19.4 Å². The molecule has 3 nitrogen and oxygen atoms in total. The Kier molecular flexibility index (Phi) is 5.17. The van der Waals surface area contributed by atoms with Gasteiger partial charge in [0.25, 0.3) is 0 Å². The minimum absolute atomic E-state index is 0.0246. The quantitative estimate of drug-likeness (QED) is 0.536. The number of hydrogen-bond donors (Lipinski definition) is 0. The minimum atomic E-state index is -0.964. The molecule has 0 saturated carbocycles. The average Bonchev–Trinajstić information content (AvgIpc) is 2.19. The Morgan fingerprint density at radius 1 is 1.00 bits per heavy atom. The summed E-state index contributed by atoms with van der Waals surface area (Å²) in [4.78, 5) is 24.3. The predicted molar refractivity (Wildman–Crippen MR) is 64.1 cm³/mol. The van der Waals surface area contributed by atoms with Gasteiger partial charge in [-0.3, -0.25) is 9.59 Å². The standard InChI is InChI=1S/C13H24O3/c1-7-13(8-2,11(15)16-9-3)10(14)12(4,5)6/h7-9H2,1-6H3. The molecule has 0 unspecified atom stereocenters. The zero-order valence-corrected chi connectivity index (χ0v) is 11.3. The van der Waals surface area contributed by atoms with Crippen molar-refractivity contribution in [2.24, 2.45) is 10.8 Å². The zero-order chi connectivity index (χ0) is 13.0. The molecular formula is C13H24O3. The summed E-state index contributed by atoms with van der Waals surface area (Å²) in [6, 6.07) is 0. The van der Waals surface area contributed by atoms with Crippen LogP contribution in [0.3, 0.4) is 0 Å². The van der Waals surface area contributed by atoms with Crippen LogP contribution in [0, 0.1) is 10.8 Å². The third-order valence-corrected chi connectivity index (χ3v) is 2.99. The Hall–Kier alpha value is -0.860. The van der Waals surface area contributed by atoms with Gasteiger partial charge in [-0.15, -0.1) is 0 Å². The van der Waals surface area contributed by atoms with Gasteiger partial charge in [-0.25, -0.2) is 0 Å². The molecule has 0 fully saturated rings. The van der Waals surface area contributed by atoms with Crippen molar-refractivity contribution in [3.8, 4) is 0 Å². The van der Waals surface area contributed by atoms with Crippen LogP contribution in [0.2, 0.25) is 0 Å². The van der Waals surface area contributed by atoms with E-state index in [-0.39, 0.29) is 11.8 Å². The van der Waals surface area contributed by atoms with Crippen molar-refractivity contribution in [2.75, 3.05) is 6.61 Å². The van der Waals surface area contributed by atoms with Crippen molar-refractivity contribution in [1.82, 2.24) is 0 Å². The highest BCUT2D eigenvalue weighted by Crippen LogP contribution is 2.36. The molecular weight excluding hydrogens is 204 g/mol. The molecule has 0 aromatic heterocycles. The van der Waals surface area contributed by atoms with Gasteiger partial charge in [0.1, 0.15) is 5.41 Å². The van der Waals surface area contributed by atoms with Crippen LogP contribution in [0.25, 0.3) is 0 Å². The van der Waals surface area contributed by atoms with E-state index >= 15 is 0 Å². The number of hydrogen-bond acceptors (Lipinski definition) is 3. The van der Waals surface area contributed by atoms with Crippen molar-refractivity contribution < 1.29 is 14.3 Å². The van der Waals surface area contributed by atoms with Crippen molar-refractivity contribution in [3.63, 3.8) is 0 Å². The maximum absolute atomic E-state index is 12.4. The highest BCUT2D eigenvalue weighted by Gasteiger charge is 2.48. The summed E-state index contributed by atoms with van der Waals surface area (Å²) in [6.45, 7) is 11.3. The molecule has 0 radical (unpaired) electrons. The first-order valence-corrected chi connectivity index (χ1v) is 5.98. The lowest BCUT2D eigenvalue weighted by Gasteiger charge is -2.33. The lowest BCUT2D eigenvalue weighted by Crippen LogP contribution is -2.45. The van der Waals surface area contributed by atoms with E-state index in [2.05, 4.69) is 0 Å². The van der Waals surface area contributed by atoms with Gasteiger partial charge in [0.2, 0.25) is 0 Å². The predicted octanol–water partition coefficient (Wildman–Crippen LogP) is 2.97. The molecule has 3 heteroatoms. The van der Waals surface area contributed by atoms with E-state index in [1.165, 1.54) is 0 Å². The summed E-state index contributed by atoms with van der Waals surface area (Å²) in [7, 11) is 0. The first-order chi connectivity index (χ1) is 7.26. The Labute approximate surface area is 98.6 Å². The number of ether oxygens (including phenoxy) is 1. The molecule has 0 aromatic carbocycles. The first kappa shape index (κ1) is 15.1. The van der Waals surface area contributed by atoms with E-state index in [1.807, 2.05) is 34.6 Å². The molecule has 0 atom stereocenters. The number of esters is 1. The Bertz CT molecular complexity index is 257. The van der Waals surface area contributed by atoms with Gasteiger partial charge in [0, 0.05) is 5.41 Å². The average molecular weight is 228 g/mol. The number of ketones is 1. The van der Waals surface area contributed by atoms with Gasteiger partial charge in [-0.05, 0) is 19.8 Å². The van der Waals surface area contributed by atoms with E-state index in [9.17, 15) is 9.59 Å². The van der Waals surface area contributed by atoms with Gasteiger partial charge in [-0.2, -0.15) is 0 Å². The molecule has 0 bridgehead atoms. The minimum Gasteiger partial charge on any atom is -0.465 e. The van der Waals surface area contributed by atoms with Crippen LogP contribution >= 0.6 is 0 Å². The molecule has 16 heavy (non-hydrogen) atoms. The first-order valence-electron chi connectivity index (χ1n) is 5.98. The van der Waals surface area contributed by atoms with Crippen LogP contribution in [0.15, 0.2) is 0 Å². The molecule has 0 amide bonds. The smallest absolute Gasteiger partial charge is 0.319 e. The summed E-state index contributed by atoms with van der Waals surface area (Å²) in [5.74, 6) is -0.400. The number of carbonyl (C=O) groups is 2. The van der Waals surface area contributed by atoms with Crippen molar-refractivity contribution >= 4 is 11.8 Å². The van der Waals surface area contributed by atoms with Gasteiger partial charge in [0.15, 0.2) is 5.78 Å². The van der Waals surface area contributed by atoms with Crippen LogP contribution < -0.4 is 0 Å². The van der Waals surface area contributed by atoms with Crippen LogP contribution in [0.1, 0.15) is 54.4 Å². The second kappa shape index (κ2) is 5.46. The third-order valence-electron chi connectivity index (χ3n) is 2.99. The lowest BCUT2D eigenvalue weighted by molar-refractivity contribution is -0.163. The largest absolute Gasteiger partial charge is 0.465 e. The number of carbonyl (C=O) groups excluding carboxylic acids is 2. The van der Waals surface area contributed by atoms with Crippen LogP contribution in [-0.4, -0.2) is 18.4 Å². The van der Waals surface area contributed by atoms with E-state index in [1.54, 1.807) is 6.92 Å². The summed E-state index contributed by atoms with van der Waals surface area (Å²) < 4.78 is 5.05. The summed E-state index contributed by atoms with van der Waals surface area (Å²) in [5.41, 5.74) is -1.48. The molecule has 0 spiro atoms. The summed E-state index contributed by atoms with van der Waals surface area (Å²) in [5, 5.41) is 0. The fraction of sp³-hybridized carbons (Fsp3) is 0.846. The molecule has 0 saturated heterocycles.